The van der Waals surface area contributed by atoms with Crippen molar-refractivity contribution in [2.24, 2.45) is 5.92 Å². The second kappa shape index (κ2) is 4.16. The molecule has 90 valence electrons. The van der Waals surface area contributed by atoms with Crippen LogP contribution in [0.1, 0.15) is 12.0 Å². The highest BCUT2D eigenvalue weighted by Gasteiger charge is 2.35. The lowest BCUT2D eigenvalue weighted by Crippen LogP contribution is -2.25. The van der Waals surface area contributed by atoms with E-state index in [9.17, 15) is 14.0 Å². The van der Waals surface area contributed by atoms with Crippen LogP contribution in [-0.4, -0.2) is 23.5 Å². The van der Waals surface area contributed by atoms with Gasteiger partial charge in [-0.1, -0.05) is 6.07 Å². The van der Waals surface area contributed by atoms with Crippen molar-refractivity contribution in [1.82, 2.24) is 0 Å². The highest BCUT2D eigenvalue weighted by Crippen LogP contribution is 2.26. The van der Waals surface area contributed by atoms with Crippen molar-refractivity contribution < 1.29 is 19.1 Å². The maximum absolute atomic E-state index is 13.4. The number of halogens is 1. The fourth-order valence-electron chi connectivity index (χ4n) is 1.87. The van der Waals surface area contributed by atoms with Gasteiger partial charge in [0.1, 0.15) is 5.82 Å². The zero-order valence-corrected chi connectivity index (χ0v) is 9.31. The molecule has 0 radical (unpaired) electrons. The first kappa shape index (κ1) is 11.6. The van der Waals surface area contributed by atoms with Gasteiger partial charge in [-0.15, -0.1) is 0 Å². The average Bonchev–Trinajstić information content (AvgIpc) is 2.65. The first-order valence-corrected chi connectivity index (χ1v) is 5.28. The maximum atomic E-state index is 13.4. The third kappa shape index (κ3) is 2.13. The fraction of sp³-hybridized carbons (Fsp3) is 0.333. The molecule has 2 rings (SSSR count). The summed E-state index contributed by atoms with van der Waals surface area (Å²) in [4.78, 5) is 23.7. The number of hydrogen-bond acceptors (Lipinski definition) is 2. The Morgan fingerprint density at radius 2 is 2.24 bits per heavy atom. The maximum Gasteiger partial charge on any atom is 0.308 e. The molecular weight excluding hydrogens is 225 g/mol. The standard InChI is InChI=1S/C12H12FNO3/c1-7-2-3-9(5-10(7)13)14-6-8(12(16)17)4-11(14)15/h2-3,5,8H,4,6H2,1H3,(H,16,17)/t8-/m0/s1. The van der Waals surface area contributed by atoms with E-state index >= 15 is 0 Å². The third-order valence-corrected chi connectivity index (χ3v) is 2.94. The van der Waals surface area contributed by atoms with Gasteiger partial charge in [0.05, 0.1) is 5.92 Å². The average molecular weight is 237 g/mol. The van der Waals surface area contributed by atoms with Crippen LogP contribution in [0.25, 0.3) is 0 Å². The summed E-state index contributed by atoms with van der Waals surface area (Å²) in [7, 11) is 0. The van der Waals surface area contributed by atoms with Crippen LogP contribution in [0.3, 0.4) is 0 Å². The van der Waals surface area contributed by atoms with E-state index in [4.69, 9.17) is 5.11 Å². The molecule has 0 saturated carbocycles. The number of amides is 1. The number of carboxylic acid groups (broad SMARTS) is 1. The van der Waals surface area contributed by atoms with Gasteiger partial charge < -0.3 is 10.0 Å². The predicted molar refractivity (Wildman–Crippen MR) is 59.2 cm³/mol. The second-order valence-electron chi connectivity index (χ2n) is 4.18. The number of rotatable bonds is 2. The molecule has 1 aromatic rings. The van der Waals surface area contributed by atoms with Crippen molar-refractivity contribution in [2.75, 3.05) is 11.4 Å². The number of carboxylic acids is 1. The van der Waals surface area contributed by atoms with Gasteiger partial charge in [-0.25, -0.2) is 4.39 Å². The molecule has 0 bridgehead atoms. The highest BCUT2D eigenvalue weighted by atomic mass is 19.1. The van der Waals surface area contributed by atoms with Gasteiger partial charge in [0.25, 0.3) is 0 Å². The van der Waals surface area contributed by atoms with Crippen molar-refractivity contribution in [3.63, 3.8) is 0 Å². The summed E-state index contributed by atoms with van der Waals surface area (Å²) >= 11 is 0. The minimum atomic E-state index is -0.992. The molecular formula is C12H12FNO3. The minimum absolute atomic E-state index is 0.0230. The van der Waals surface area contributed by atoms with Crippen molar-refractivity contribution in [1.29, 1.82) is 0 Å². The number of carbonyl (C=O) groups is 2. The van der Waals surface area contributed by atoms with Crippen LogP contribution in [0, 0.1) is 18.7 Å². The van der Waals surface area contributed by atoms with Crippen molar-refractivity contribution >= 4 is 17.6 Å². The molecule has 1 saturated heterocycles. The lowest BCUT2D eigenvalue weighted by molar-refractivity contribution is -0.141. The Kier molecular flexibility index (Phi) is 2.83. The Labute approximate surface area is 97.7 Å². The molecule has 1 aromatic carbocycles. The fourth-order valence-corrected chi connectivity index (χ4v) is 1.87. The van der Waals surface area contributed by atoms with Crippen LogP contribution >= 0.6 is 0 Å². The molecule has 0 unspecified atom stereocenters. The Hall–Kier alpha value is -1.91. The molecule has 1 aliphatic heterocycles. The van der Waals surface area contributed by atoms with Crippen LogP contribution in [0.4, 0.5) is 10.1 Å². The van der Waals surface area contributed by atoms with Crippen LogP contribution in [0.15, 0.2) is 18.2 Å². The van der Waals surface area contributed by atoms with E-state index in [1.54, 1.807) is 19.1 Å². The number of hydrogen-bond donors (Lipinski definition) is 1. The molecule has 17 heavy (non-hydrogen) atoms. The molecule has 5 heteroatoms. The minimum Gasteiger partial charge on any atom is -0.481 e. The number of aliphatic carboxylic acids is 1. The second-order valence-corrected chi connectivity index (χ2v) is 4.18. The Bertz CT molecular complexity index is 487. The van der Waals surface area contributed by atoms with Crippen LogP contribution in [0.5, 0.6) is 0 Å². The number of benzene rings is 1. The van der Waals surface area contributed by atoms with Crippen LogP contribution in [-0.2, 0) is 9.59 Å². The number of aryl methyl sites for hydroxylation is 1. The predicted octanol–water partition coefficient (Wildman–Crippen LogP) is 1.57. The molecule has 0 spiro atoms. The summed E-state index contributed by atoms with van der Waals surface area (Å²) < 4.78 is 13.4. The molecule has 1 amide bonds. The van der Waals surface area contributed by atoms with Crippen molar-refractivity contribution in [2.45, 2.75) is 13.3 Å². The molecule has 1 aliphatic rings. The Balaban J connectivity index is 2.26. The van der Waals surface area contributed by atoms with Crippen molar-refractivity contribution in [3.05, 3.63) is 29.6 Å². The third-order valence-electron chi connectivity index (χ3n) is 2.94. The number of carbonyl (C=O) groups excluding carboxylic acids is 1. The quantitative estimate of drug-likeness (QED) is 0.849. The highest BCUT2D eigenvalue weighted by molar-refractivity contribution is 5.99. The van der Waals surface area contributed by atoms with Gasteiger partial charge >= 0.3 is 5.97 Å². The summed E-state index contributed by atoms with van der Waals surface area (Å²) in [5.41, 5.74) is 0.914. The monoisotopic (exact) mass is 237 g/mol. The van der Waals surface area contributed by atoms with Crippen molar-refractivity contribution in [3.8, 4) is 0 Å². The summed E-state index contributed by atoms with van der Waals surface area (Å²) in [5.74, 6) is -2.37. The smallest absolute Gasteiger partial charge is 0.308 e. The van der Waals surface area contributed by atoms with Crippen LogP contribution < -0.4 is 4.90 Å². The van der Waals surface area contributed by atoms with Gasteiger partial charge in [-0.2, -0.15) is 0 Å². The first-order chi connectivity index (χ1) is 7.99. The summed E-state index contributed by atoms with van der Waals surface area (Å²) in [6.07, 6.45) is -0.0230. The Morgan fingerprint density at radius 1 is 1.53 bits per heavy atom. The molecule has 0 aliphatic carbocycles. The largest absolute Gasteiger partial charge is 0.481 e. The van der Waals surface area contributed by atoms with Gasteiger partial charge in [-0.05, 0) is 24.6 Å². The van der Waals surface area contributed by atoms with Gasteiger partial charge in [-0.3, -0.25) is 9.59 Å². The summed E-state index contributed by atoms with van der Waals surface area (Å²) in [6.45, 7) is 1.74. The van der Waals surface area contributed by atoms with Gasteiger partial charge in [0.2, 0.25) is 5.91 Å². The lowest BCUT2D eigenvalue weighted by atomic mass is 10.1. The van der Waals surface area contributed by atoms with Gasteiger partial charge in [0.15, 0.2) is 0 Å². The lowest BCUT2D eigenvalue weighted by Gasteiger charge is -2.16. The molecule has 1 atom stereocenters. The zero-order valence-electron chi connectivity index (χ0n) is 9.31. The zero-order chi connectivity index (χ0) is 12.6. The molecule has 4 nitrogen and oxygen atoms in total. The first-order valence-electron chi connectivity index (χ1n) is 5.28. The number of nitrogens with zero attached hydrogens (tertiary/aromatic N) is 1. The topological polar surface area (TPSA) is 57.6 Å². The van der Waals surface area contributed by atoms with E-state index < -0.39 is 17.7 Å². The summed E-state index contributed by atoms with van der Waals surface area (Å²) in [5, 5.41) is 8.84. The van der Waals surface area contributed by atoms with E-state index in [-0.39, 0.29) is 18.9 Å². The van der Waals surface area contributed by atoms with Crippen LogP contribution in [0.2, 0.25) is 0 Å². The molecule has 0 aromatic heterocycles. The van der Waals surface area contributed by atoms with E-state index in [0.717, 1.165) is 0 Å². The van der Waals surface area contributed by atoms with E-state index in [1.807, 2.05) is 0 Å². The molecule has 1 N–H and O–H groups in total. The Morgan fingerprint density at radius 3 is 2.76 bits per heavy atom. The van der Waals surface area contributed by atoms with Gasteiger partial charge in [0, 0.05) is 18.7 Å². The van der Waals surface area contributed by atoms with E-state index in [1.165, 1.54) is 11.0 Å². The SMILES string of the molecule is Cc1ccc(N2C[C@@H](C(=O)O)CC2=O)cc1F. The summed E-state index contributed by atoms with van der Waals surface area (Å²) in [6, 6.07) is 4.46. The molecule has 1 heterocycles. The normalized spacial score (nSPS) is 19.8. The van der Waals surface area contributed by atoms with E-state index in [0.29, 0.717) is 11.3 Å². The van der Waals surface area contributed by atoms with E-state index in [2.05, 4.69) is 0 Å². The number of anilines is 1. The molecule has 1 fully saturated rings.